The highest BCUT2D eigenvalue weighted by Crippen LogP contribution is 2.07. The standard InChI is InChI=1S/C15H17N3O3/c1-9(2)17-8-12(13(16)19)14(20)18(15(17)21)11-6-4-10(3)5-7-11/h4-9H,1-3H3,(H2,16,19). The van der Waals surface area contributed by atoms with Gasteiger partial charge < -0.3 is 5.73 Å². The van der Waals surface area contributed by atoms with E-state index in [4.69, 9.17) is 5.73 Å². The molecule has 0 saturated carbocycles. The average Bonchev–Trinajstić information content (AvgIpc) is 2.40. The zero-order chi connectivity index (χ0) is 15.7. The Morgan fingerprint density at radius 2 is 1.71 bits per heavy atom. The summed E-state index contributed by atoms with van der Waals surface area (Å²) in [6.07, 6.45) is 1.22. The quantitative estimate of drug-likeness (QED) is 0.913. The van der Waals surface area contributed by atoms with Crippen LogP contribution in [0.25, 0.3) is 5.69 Å². The zero-order valence-electron chi connectivity index (χ0n) is 12.2. The molecule has 2 aromatic rings. The van der Waals surface area contributed by atoms with E-state index < -0.39 is 17.2 Å². The molecule has 0 aliphatic rings. The Kier molecular flexibility index (Phi) is 3.80. The number of hydrogen-bond acceptors (Lipinski definition) is 3. The average molecular weight is 287 g/mol. The van der Waals surface area contributed by atoms with E-state index >= 15 is 0 Å². The molecule has 0 unspecified atom stereocenters. The molecule has 2 N–H and O–H groups in total. The second-order valence-electron chi connectivity index (χ2n) is 5.17. The molecule has 110 valence electrons. The SMILES string of the molecule is Cc1ccc(-n2c(=O)c(C(N)=O)cn(C(C)C)c2=O)cc1. The van der Waals surface area contributed by atoms with Crippen molar-refractivity contribution in [2.24, 2.45) is 5.73 Å². The van der Waals surface area contributed by atoms with Crippen LogP contribution >= 0.6 is 0 Å². The first kappa shape index (κ1) is 14.8. The highest BCUT2D eigenvalue weighted by atomic mass is 16.2. The minimum Gasteiger partial charge on any atom is -0.365 e. The highest BCUT2D eigenvalue weighted by Gasteiger charge is 2.17. The van der Waals surface area contributed by atoms with Gasteiger partial charge in [-0.3, -0.25) is 14.2 Å². The summed E-state index contributed by atoms with van der Waals surface area (Å²) in [5, 5.41) is 0. The Morgan fingerprint density at radius 3 is 2.19 bits per heavy atom. The zero-order valence-corrected chi connectivity index (χ0v) is 12.2. The van der Waals surface area contributed by atoms with Crippen molar-refractivity contribution in [2.75, 3.05) is 0 Å². The molecular formula is C15H17N3O3. The summed E-state index contributed by atoms with van der Waals surface area (Å²) in [5.74, 6) is -0.852. The van der Waals surface area contributed by atoms with Crippen LogP contribution in [0.5, 0.6) is 0 Å². The van der Waals surface area contributed by atoms with Gasteiger partial charge in [0.25, 0.3) is 11.5 Å². The van der Waals surface area contributed by atoms with E-state index in [1.54, 1.807) is 38.1 Å². The Labute approximate surface area is 121 Å². The van der Waals surface area contributed by atoms with Crippen molar-refractivity contribution < 1.29 is 4.79 Å². The van der Waals surface area contributed by atoms with Crippen LogP contribution in [0.1, 0.15) is 35.8 Å². The molecule has 0 aliphatic carbocycles. The van der Waals surface area contributed by atoms with Crippen molar-refractivity contribution in [1.82, 2.24) is 9.13 Å². The molecule has 0 fully saturated rings. The molecule has 2 rings (SSSR count). The molecule has 0 spiro atoms. The van der Waals surface area contributed by atoms with E-state index in [-0.39, 0.29) is 11.6 Å². The minimum atomic E-state index is -0.852. The van der Waals surface area contributed by atoms with E-state index in [0.29, 0.717) is 5.69 Å². The van der Waals surface area contributed by atoms with E-state index in [9.17, 15) is 14.4 Å². The van der Waals surface area contributed by atoms with Crippen molar-refractivity contribution >= 4 is 5.91 Å². The molecule has 21 heavy (non-hydrogen) atoms. The second-order valence-corrected chi connectivity index (χ2v) is 5.17. The summed E-state index contributed by atoms with van der Waals surface area (Å²) in [5.41, 5.74) is 5.25. The van der Waals surface area contributed by atoms with Crippen molar-refractivity contribution in [3.63, 3.8) is 0 Å². The van der Waals surface area contributed by atoms with Crippen molar-refractivity contribution in [3.8, 4) is 5.69 Å². The molecule has 1 heterocycles. The maximum atomic E-state index is 12.5. The highest BCUT2D eigenvalue weighted by molar-refractivity contribution is 5.92. The lowest BCUT2D eigenvalue weighted by Crippen LogP contribution is -2.42. The first-order valence-electron chi connectivity index (χ1n) is 6.58. The van der Waals surface area contributed by atoms with Crippen molar-refractivity contribution in [1.29, 1.82) is 0 Å². The third-order valence-electron chi connectivity index (χ3n) is 3.23. The lowest BCUT2D eigenvalue weighted by atomic mass is 10.2. The van der Waals surface area contributed by atoms with Gasteiger partial charge in [0.1, 0.15) is 5.56 Å². The van der Waals surface area contributed by atoms with Gasteiger partial charge in [-0.2, -0.15) is 0 Å². The number of nitrogens with two attached hydrogens (primary N) is 1. The van der Waals surface area contributed by atoms with Gasteiger partial charge in [0, 0.05) is 12.2 Å². The van der Waals surface area contributed by atoms with E-state index in [0.717, 1.165) is 10.1 Å². The number of nitrogens with zero attached hydrogens (tertiary/aromatic N) is 2. The largest absolute Gasteiger partial charge is 0.365 e. The van der Waals surface area contributed by atoms with Crippen LogP contribution < -0.4 is 17.0 Å². The van der Waals surface area contributed by atoms with Crippen LogP contribution in [0.3, 0.4) is 0 Å². The van der Waals surface area contributed by atoms with Gasteiger partial charge in [-0.15, -0.1) is 0 Å². The number of aryl methyl sites for hydroxylation is 1. The summed E-state index contributed by atoms with van der Waals surface area (Å²) >= 11 is 0. The molecule has 0 saturated heterocycles. The monoisotopic (exact) mass is 287 g/mol. The number of hydrogen-bond donors (Lipinski definition) is 1. The minimum absolute atomic E-state index is 0.201. The molecule has 0 bridgehead atoms. The summed E-state index contributed by atoms with van der Waals surface area (Å²) in [6, 6.07) is 6.70. The van der Waals surface area contributed by atoms with Gasteiger partial charge in [0.15, 0.2) is 0 Å². The van der Waals surface area contributed by atoms with E-state index in [2.05, 4.69) is 0 Å². The Hall–Kier alpha value is -2.63. The first-order valence-corrected chi connectivity index (χ1v) is 6.58. The topological polar surface area (TPSA) is 87.1 Å². The molecule has 6 nitrogen and oxygen atoms in total. The normalized spacial score (nSPS) is 10.9. The van der Waals surface area contributed by atoms with Crippen molar-refractivity contribution in [3.05, 3.63) is 62.4 Å². The van der Waals surface area contributed by atoms with Crippen LogP contribution in [0, 0.1) is 6.92 Å². The molecule has 0 atom stereocenters. The fraction of sp³-hybridized carbons (Fsp3) is 0.267. The van der Waals surface area contributed by atoms with E-state index in [1.807, 2.05) is 6.92 Å². The van der Waals surface area contributed by atoms with Crippen molar-refractivity contribution in [2.45, 2.75) is 26.8 Å². The van der Waals surface area contributed by atoms with Crippen LogP contribution in [0.4, 0.5) is 0 Å². The van der Waals surface area contributed by atoms with E-state index in [1.165, 1.54) is 10.8 Å². The molecule has 0 radical (unpaired) electrons. The van der Waals surface area contributed by atoms with Crippen LogP contribution in [0.2, 0.25) is 0 Å². The number of aromatic nitrogens is 2. The summed E-state index contributed by atoms with van der Waals surface area (Å²) in [4.78, 5) is 36.2. The third-order valence-corrected chi connectivity index (χ3v) is 3.23. The fourth-order valence-electron chi connectivity index (χ4n) is 2.03. The van der Waals surface area contributed by atoms with Crippen LogP contribution in [0.15, 0.2) is 40.1 Å². The van der Waals surface area contributed by atoms with Gasteiger partial charge >= 0.3 is 5.69 Å². The molecule has 1 aromatic heterocycles. The Balaban J connectivity index is 2.87. The smallest absolute Gasteiger partial charge is 0.335 e. The predicted octanol–water partition coefficient (Wildman–Crippen LogP) is 0.987. The number of carbonyl (C=O) groups is 1. The van der Waals surface area contributed by atoms with Gasteiger partial charge in [-0.05, 0) is 32.9 Å². The number of carbonyl (C=O) groups excluding carboxylic acids is 1. The van der Waals surface area contributed by atoms with Gasteiger partial charge in [-0.1, -0.05) is 17.7 Å². The third kappa shape index (κ3) is 2.65. The molecular weight excluding hydrogens is 270 g/mol. The van der Waals surface area contributed by atoms with Crippen LogP contribution in [-0.4, -0.2) is 15.0 Å². The fourth-order valence-corrected chi connectivity index (χ4v) is 2.03. The molecule has 6 heteroatoms. The Morgan fingerprint density at radius 1 is 1.14 bits per heavy atom. The number of primary amides is 1. The Bertz CT molecular complexity index is 798. The predicted molar refractivity (Wildman–Crippen MR) is 79.9 cm³/mol. The molecule has 0 aliphatic heterocycles. The summed E-state index contributed by atoms with van der Waals surface area (Å²) in [6.45, 7) is 5.48. The second kappa shape index (κ2) is 5.40. The summed E-state index contributed by atoms with van der Waals surface area (Å²) < 4.78 is 2.29. The van der Waals surface area contributed by atoms with Gasteiger partial charge in [-0.25, -0.2) is 9.36 Å². The molecule has 1 aromatic carbocycles. The maximum Gasteiger partial charge on any atom is 0.335 e. The maximum absolute atomic E-state index is 12.5. The lowest BCUT2D eigenvalue weighted by molar-refractivity contribution is 0.0997. The number of amides is 1. The number of benzene rings is 1. The summed E-state index contributed by atoms with van der Waals surface area (Å²) in [7, 11) is 0. The van der Waals surface area contributed by atoms with Gasteiger partial charge in [0.2, 0.25) is 0 Å². The number of rotatable bonds is 3. The molecule has 1 amide bonds. The van der Waals surface area contributed by atoms with Gasteiger partial charge in [0.05, 0.1) is 5.69 Å². The van der Waals surface area contributed by atoms with Crippen LogP contribution in [-0.2, 0) is 0 Å². The lowest BCUT2D eigenvalue weighted by Gasteiger charge is -2.14. The first-order chi connectivity index (χ1) is 9.82.